The minimum Gasteiger partial charge on any atom is -0.444 e. The smallest absolute Gasteiger partial charge is 0.412 e. The Morgan fingerprint density at radius 2 is 1.96 bits per heavy atom. The number of amides is 1. The quantitative estimate of drug-likeness (QED) is 0.870. The molecule has 3 N–H and O–H groups in total. The van der Waals surface area contributed by atoms with E-state index in [0.29, 0.717) is 17.8 Å². The van der Waals surface area contributed by atoms with Gasteiger partial charge < -0.3 is 10.5 Å². The molecule has 0 saturated heterocycles. The largest absolute Gasteiger partial charge is 0.444 e. The number of hydrogen-bond acceptors (Lipinski definition) is 3. The molecule has 0 radical (unpaired) electrons. The van der Waals surface area contributed by atoms with E-state index in [1.807, 2.05) is 0 Å². The van der Waals surface area contributed by atoms with Crippen molar-refractivity contribution >= 4 is 11.8 Å². The van der Waals surface area contributed by atoms with E-state index in [9.17, 15) is 9.18 Å². The van der Waals surface area contributed by atoms with Gasteiger partial charge in [-0.1, -0.05) is 25.3 Å². The lowest BCUT2D eigenvalue weighted by molar-refractivity contribution is 0.0636. The fraction of sp³-hybridized carbons (Fsp3) is 0.611. The molecule has 1 aliphatic carbocycles. The third-order valence-electron chi connectivity index (χ3n) is 4.39. The van der Waals surface area contributed by atoms with Gasteiger partial charge in [0.2, 0.25) is 0 Å². The van der Waals surface area contributed by atoms with Crippen LogP contribution in [0.25, 0.3) is 0 Å². The second-order valence-corrected chi connectivity index (χ2v) is 7.37. The third-order valence-corrected chi connectivity index (χ3v) is 4.39. The number of halogens is 1. The van der Waals surface area contributed by atoms with Gasteiger partial charge in [-0.3, -0.25) is 5.32 Å². The Morgan fingerprint density at radius 1 is 1.30 bits per heavy atom. The molecule has 1 aromatic carbocycles. The SMILES string of the molecule is CC(C)(C)OC(=O)Nc1ccc(C2(CN)CCCCC2)c(F)c1. The molecule has 0 aromatic heterocycles. The molecule has 0 heterocycles. The maximum atomic E-state index is 14.6. The van der Waals surface area contributed by atoms with Crippen molar-refractivity contribution in [1.29, 1.82) is 0 Å². The second-order valence-electron chi connectivity index (χ2n) is 7.37. The van der Waals surface area contributed by atoms with Crippen LogP contribution in [0.15, 0.2) is 18.2 Å². The van der Waals surface area contributed by atoms with E-state index < -0.39 is 11.7 Å². The molecule has 0 spiro atoms. The summed E-state index contributed by atoms with van der Waals surface area (Å²) in [6, 6.07) is 4.82. The molecule has 23 heavy (non-hydrogen) atoms. The summed E-state index contributed by atoms with van der Waals surface area (Å²) in [5.41, 5.74) is 6.16. The monoisotopic (exact) mass is 322 g/mol. The van der Waals surface area contributed by atoms with Gasteiger partial charge in [-0.25, -0.2) is 9.18 Å². The van der Waals surface area contributed by atoms with Gasteiger partial charge in [0, 0.05) is 17.6 Å². The van der Waals surface area contributed by atoms with Crippen molar-refractivity contribution in [2.24, 2.45) is 5.73 Å². The molecule has 1 amide bonds. The molecule has 1 fully saturated rings. The number of nitrogens with one attached hydrogen (secondary N) is 1. The Kier molecular flexibility index (Phi) is 5.30. The van der Waals surface area contributed by atoms with E-state index in [1.54, 1.807) is 32.9 Å². The number of nitrogens with two attached hydrogens (primary N) is 1. The first-order chi connectivity index (χ1) is 10.8. The van der Waals surface area contributed by atoms with Crippen LogP contribution < -0.4 is 11.1 Å². The summed E-state index contributed by atoms with van der Waals surface area (Å²) in [5.74, 6) is -0.314. The molecule has 0 aliphatic heterocycles. The molecule has 1 aromatic rings. The van der Waals surface area contributed by atoms with E-state index >= 15 is 0 Å². The average Bonchev–Trinajstić information content (AvgIpc) is 2.46. The number of ether oxygens (including phenoxy) is 1. The summed E-state index contributed by atoms with van der Waals surface area (Å²) in [5, 5.41) is 2.57. The van der Waals surface area contributed by atoms with Crippen molar-refractivity contribution in [1.82, 2.24) is 0 Å². The predicted molar refractivity (Wildman–Crippen MR) is 90.1 cm³/mol. The van der Waals surface area contributed by atoms with E-state index in [4.69, 9.17) is 10.5 Å². The number of hydrogen-bond donors (Lipinski definition) is 2. The van der Waals surface area contributed by atoms with Crippen molar-refractivity contribution in [3.05, 3.63) is 29.6 Å². The van der Waals surface area contributed by atoms with Crippen molar-refractivity contribution in [3.8, 4) is 0 Å². The van der Waals surface area contributed by atoms with E-state index in [0.717, 1.165) is 25.7 Å². The number of benzene rings is 1. The van der Waals surface area contributed by atoms with Gasteiger partial charge in [-0.05, 0) is 51.3 Å². The van der Waals surface area contributed by atoms with Crippen molar-refractivity contribution in [3.63, 3.8) is 0 Å². The van der Waals surface area contributed by atoms with Gasteiger partial charge in [0.15, 0.2) is 0 Å². The van der Waals surface area contributed by atoms with Crippen LogP contribution in [0.4, 0.5) is 14.9 Å². The molecule has 0 bridgehead atoms. The molecule has 2 rings (SSSR count). The van der Waals surface area contributed by atoms with Gasteiger partial charge in [-0.2, -0.15) is 0 Å². The van der Waals surface area contributed by atoms with Crippen LogP contribution in [-0.4, -0.2) is 18.2 Å². The first kappa shape index (κ1) is 17.7. The van der Waals surface area contributed by atoms with Crippen LogP contribution in [0.5, 0.6) is 0 Å². The summed E-state index contributed by atoms with van der Waals surface area (Å²) in [7, 11) is 0. The molecule has 5 heteroatoms. The van der Waals surface area contributed by atoms with Crippen molar-refractivity contribution < 1.29 is 13.9 Å². The molecule has 4 nitrogen and oxygen atoms in total. The van der Waals surface area contributed by atoms with Gasteiger partial charge in [0.1, 0.15) is 11.4 Å². The molecule has 1 saturated carbocycles. The Bertz CT molecular complexity index is 561. The molecule has 1 aliphatic rings. The Labute approximate surface area is 137 Å². The van der Waals surface area contributed by atoms with Crippen molar-refractivity contribution in [2.45, 2.75) is 63.9 Å². The summed E-state index contributed by atoms with van der Waals surface area (Å²) in [4.78, 5) is 11.8. The summed E-state index contributed by atoms with van der Waals surface area (Å²) in [6.45, 7) is 5.79. The summed E-state index contributed by atoms with van der Waals surface area (Å²) in [6.07, 6.45) is 4.58. The molecule has 128 valence electrons. The van der Waals surface area contributed by atoms with E-state index in [1.165, 1.54) is 12.5 Å². The molecule has 0 atom stereocenters. The number of rotatable bonds is 3. The first-order valence-corrected chi connectivity index (χ1v) is 8.26. The molecule has 0 unspecified atom stereocenters. The number of anilines is 1. The Morgan fingerprint density at radius 3 is 2.48 bits per heavy atom. The lowest BCUT2D eigenvalue weighted by atomic mass is 9.69. The highest BCUT2D eigenvalue weighted by Crippen LogP contribution is 2.40. The first-order valence-electron chi connectivity index (χ1n) is 8.26. The Hall–Kier alpha value is -1.62. The van der Waals surface area contributed by atoms with Crippen LogP contribution in [0.2, 0.25) is 0 Å². The highest BCUT2D eigenvalue weighted by atomic mass is 19.1. The van der Waals surface area contributed by atoms with Crippen LogP contribution >= 0.6 is 0 Å². The summed E-state index contributed by atoms with van der Waals surface area (Å²) >= 11 is 0. The summed E-state index contributed by atoms with van der Waals surface area (Å²) < 4.78 is 19.8. The van der Waals surface area contributed by atoms with Gasteiger partial charge in [-0.15, -0.1) is 0 Å². The minimum atomic E-state index is -0.589. The highest BCUT2D eigenvalue weighted by molar-refractivity contribution is 5.84. The van der Waals surface area contributed by atoms with Crippen LogP contribution in [0, 0.1) is 5.82 Å². The van der Waals surface area contributed by atoms with Crippen LogP contribution in [0.3, 0.4) is 0 Å². The van der Waals surface area contributed by atoms with E-state index in [2.05, 4.69) is 5.32 Å². The topological polar surface area (TPSA) is 64.3 Å². The fourth-order valence-corrected chi connectivity index (χ4v) is 3.26. The number of carbonyl (C=O) groups excluding carboxylic acids is 1. The second kappa shape index (κ2) is 6.87. The lowest BCUT2D eigenvalue weighted by Gasteiger charge is -2.37. The van der Waals surface area contributed by atoms with Gasteiger partial charge in [0.25, 0.3) is 0 Å². The van der Waals surface area contributed by atoms with E-state index in [-0.39, 0.29) is 11.2 Å². The maximum Gasteiger partial charge on any atom is 0.412 e. The molecular weight excluding hydrogens is 295 g/mol. The standard InChI is InChI=1S/C18H27FN2O2/c1-17(2,3)23-16(22)21-13-7-8-14(15(19)11-13)18(12-20)9-5-4-6-10-18/h7-8,11H,4-6,9-10,12,20H2,1-3H3,(H,21,22). The van der Waals surface area contributed by atoms with Gasteiger partial charge in [0.05, 0.1) is 0 Å². The zero-order chi connectivity index (χ0) is 17.1. The number of carbonyl (C=O) groups is 1. The fourth-order valence-electron chi connectivity index (χ4n) is 3.26. The normalized spacial score (nSPS) is 17.6. The van der Waals surface area contributed by atoms with Crippen molar-refractivity contribution in [2.75, 3.05) is 11.9 Å². The minimum absolute atomic E-state index is 0.271. The van der Waals surface area contributed by atoms with Crippen LogP contribution in [-0.2, 0) is 10.2 Å². The zero-order valence-corrected chi connectivity index (χ0v) is 14.2. The van der Waals surface area contributed by atoms with Crippen LogP contribution in [0.1, 0.15) is 58.4 Å². The highest BCUT2D eigenvalue weighted by Gasteiger charge is 2.34. The predicted octanol–water partition coefficient (Wildman–Crippen LogP) is 4.33. The zero-order valence-electron chi connectivity index (χ0n) is 14.2. The van der Waals surface area contributed by atoms with Gasteiger partial charge >= 0.3 is 6.09 Å². The maximum absolute atomic E-state index is 14.6. The third kappa shape index (κ3) is 4.44. The average molecular weight is 322 g/mol. The Balaban J connectivity index is 2.16. The lowest BCUT2D eigenvalue weighted by Crippen LogP contribution is -2.38. The molecular formula is C18H27FN2O2.